The monoisotopic (exact) mass is 253 g/mol. The lowest BCUT2D eigenvalue weighted by atomic mass is 10.0. The molecular weight excluding hydrogens is 242 g/mol. The van der Waals surface area contributed by atoms with E-state index in [1.165, 1.54) is 0 Å². The van der Waals surface area contributed by atoms with Crippen molar-refractivity contribution in [1.82, 2.24) is 0 Å². The number of nitrogens with zero attached hydrogens (tertiary/aromatic N) is 1. The van der Waals surface area contributed by atoms with Gasteiger partial charge in [-0.3, -0.25) is 10.1 Å². The zero-order chi connectivity index (χ0) is 13.2. The highest BCUT2D eigenvalue weighted by atomic mass is 16.6. The average molecular weight is 253 g/mol. The number of benzene rings is 2. The molecule has 0 aliphatic carbocycles. The molecule has 0 aromatic heterocycles. The van der Waals surface area contributed by atoms with Crippen molar-refractivity contribution in [3.8, 4) is 5.75 Å². The summed E-state index contributed by atoms with van der Waals surface area (Å²) in [7, 11) is 0. The average Bonchev–Trinajstić information content (AvgIpc) is 2.46. The fraction of sp³-hybridized carbons (Fsp3) is 0.0667. The predicted octanol–water partition coefficient (Wildman–Crippen LogP) is 3.44. The molecule has 2 aromatic carbocycles. The van der Waals surface area contributed by atoms with Gasteiger partial charge in [-0.1, -0.05) is 48.5 Å². The first-order chi connectivity index (χ1) is 9.25. The quantitative estimate of drug-likeness (QED) is 0.608. The van der Waals surface area contributed by atoms with E-state index in [-0.39, 0.29) is 10.6 Å². The first-order valence-corrected chi connectivity index (χ1v) is 5.92. The lowest BCUT2D eigenvalue weighted by Crippen LogP contribution is -2.19. The van der Waals surface area contributed by atoms with Crippen LogP contribution in [-0.4, -0.2) is 4.92 Å². The zero-order valence-corrected chi connectivity index (χ0v) is 10.0. The summed E-state index contributed by atoms with van der Waals surface area (Å²) in [6.07, 6.45) is 0.919. The summed E-state index contributed by atoms with van der Waals surface area (Å²) in [6, 6.07) is 16.5. The second kappa shape index (κ2) is 4.57. The van der Waals surface area contributed by atoms with Crippen LogP contribution in [0.5, 0.6) is 5.75 Å². The summed E-state index contributed by atoms with van der Waals surface area (Å²) in [5, 5.41) is 11.2. The predicted molar refractivity (Wildman–Crippen MR) is 71.2 cm³/mol. The molecule has 94 valence electrons. The molecule has 19 heavy (non-hydrogen) atoms. The van der Waals surface area contributed by atoms with E-state index in [4.69, 9.17) is 4.74 Å². The van der Waals surface area contributed by atoms with Crippen molar-refractivity contribution in [3.63, 3.8) is 0 Å². The summed E-state index contributed by atoms with van der Waals surface area (Å²) >= 11 is 0. The summed E-state index contributed by atoms with van der Waals surface area (Å²) in [4.78, 5) is 10.8. The van der Waals surface area contributed by atoms with Crippen molar-refractivity contribution in [2.75, 3.05) is 0 Å². The smallest absolute Gasteiger partial charge is 0.291 e. The van der Waals surface area contributed by atoms with Gasteiger partial charge in [0.05, 0.1) is 4.92 Å². The fourth-order valence-electron chi connectivity index (χ4n) is 2.14. The lowest BCUT2D eigenvalue weighted by molar-refractivity contribution is -0.434. The van der Waals surface area contributed by atoms with Gasteiger partial charge in [-0.25, -0.2) is 0 Å². The number of fused-ring (bicyclic) bond motifs is 1. The zero-order valence-electron chi connectivity index (χ0n) is 10.0. The van der Waals surface area contributed by atoms with Crippen molar-refractivity contribution in [3.05, 3.63) is 81.5 Å². The van der Waals surface area contributed by atoms with E-state index in [0.717, 1.165) is 11.1 Å². The fourth-order valence-corrected chi connectivity index (χ4v) is 2.14. The van der Waals surface area contributed by atoms with Gasteiger partial charge in [0.1, 0.15) is 5.75 Å². The van der Waals surface area contributed by atoms with Crippen LogP contribution in [-0.2, 0) is 0 Å². The third-order valence-electron chi connectivity index (χ3n) is 3.05. The van der Waals surface area contributed by atoms with Crippen molar-refractivity contribution < 1.29 is 9.66 Å². The Kier molecular flexibility index (Phi) is 2.76. The SMILES string of the molecule is O=[N+]([O-])C1=Cc2ccccc2O[C@H]1c1ccccc1. The molecule has 1 atom stereocenters. The lowest BCUT2D eigenvalue weighted by Gasteiger charge is -2.22. The Morgan fingerprint density at radius 3 is 2.42 bits per heavy atom. The maximum Gasteiger partial charge on any atom is 0.291 e. The highest BCUT2D eigenvalue weighted by molar-refractivity contribution is 5.62. The van der Waals surface area contributed by atoms with Gasteiger partial charge in [0.2, 0.25) is 6.10 Å². The van der Waals surface area contributed by atoms with Crippen molar-refractivity contribution >= 4 is 6.08 Å². The molecular formula is C15H11NO3. The van der Waals surface area contributed by atoms with Crippen LogP contribution in [0.2, 0.25) is 0 Å². The normalized spacial score (nSPS) is 17.1. The number of para-hydroxylation sites is 1. The topological polar surface area (TPSA) is 52.4 Å². The number of ether oxygens (including phenoxy) is 1. The van der Waals surface area contributed by atoms with Crippen LogP contribution >= 0.6 is 0 Å². The number of hydrogen-bond donors (Lipinski definition) is 0. The molecule has 1 heterocycles. The van der Waals surface area contributed by atoms with E-state index in [1.807, 2.05) is 48.5 Å². The molecule has 3 rings (SSSR count). The Morgan fingerprint density at radius 1 is 1.00 bits per heavy atom. The van der Waals surface area contributed by atoms with Crippen LogP contribution in [0.25, 0.3) is 6.08 Å². The minimum Gasteiger partial charge on any atom is -0.474 e. The Bertz CT molecular complexity index is 649. The maximum absolute atomic E-state index is 11.2. The molecule has 0 radical (unpaired) electrons. The Morgan fingerprint density at radius 2 is 1.68 bits per heavy atom. The first kappa shape index (κ1) is 11.5. The highest BCUT2D eigenvalue weighted by Crippen LogP contribution is 2.37. The maximum atomic E-state index is 11.2. The Labute approximate surface area is 110 Å². The second-order valence-electron chi connectivity index (χ2n) is 4.27. The van der Waals surface area contributed by atoms with E-state index < -0.39 is 6.10 Å². The standard InChI is InChI=1S/C15H11NO3/c17-16(18)13-10-12-8-4-5-9-14(12)19-15(13)11-6-2-1-3-7-11/h1-10,15H/t15-/m0/s1. The van der Waals surface area contributed by atoms with E-state index in [2.05, 4.69) is 0 Å². The molecule has 0 saturated carbocycles. The number of nitro groups is 1. The highest BCUT2D eigenvalue weighted by Gasteiger charge is 2.32. The molecule has 0 saturated heterocycles. The first-order valence-electron chi connectivity index (χ1n) is 5.92. The molecule has 0 fully saturated rings. The van der Waals surface area contributed by atoms with Gasteiger partial charge in [0.15, 0.2) is 0 Å². The van der Waals surface area contributed by atoms with Crippen LogP contribution < -0.4 is 4.74 Å². The largest absolute Gasteiger partial charge is 0.474 e. The van der Waals surface area contributed by atoms with Gasteiger partial charge in [-0.05, 0) is 6.07 Å². The van der Waals surface area contributed by atoms with Crippen LogP contribution in [0.3, 0.4) is 0 Å². The van der Waals surface area contributed by atoms with Gasteiger partial charge >= 0.3 is 0 Å². The van der Waals surface area contributed by atoms with Crippen LogP contribution in [0.15, 0.2) is 60.3 Å². The number of rotatable bonds is 2. The van der Waals surface area contributed by atoms with Crippen LogP contribution in [0.1, 0.15) is 17.2 Å². The van der Waals surface area contributed by atoms with E-state index in [1.54, 1.807) is 12.1 Å². The second-order valence-corrected chi connectivity index (χ2v) is 4.27. The Hall–Kier alpha value is -2.62. The summed E-state index contributed by atoms with van der Waals surface area (Å²) in [6.45, 7) is 0. The minimum absolute atomic E-state index is 0.0601. The van der Waals surface area contributed by atoms with Gasteiger partial charge in [-0.15, -0.1) is 0 Å². The molecule has 1 aliphatic heterocycles. The molecule has 0 bridgehead atoms. The third kappa shape index (κ3) is 2.08. The minimum atomic E-state index is -0.661. The van der Waals surface area contributed by atoms with Crippen molar-refractivity contribution in [2.24, 2.45) is 0 Å². The van der Waals surface area contributed by atoms with E-state index in [9.17, 15) is 10.1 Å². The third-order valence-corrected chi connectivity index (χ3v) is 3.05. The Balaban J connectivity index is 2.10. The summed E-state index contributed by atoms with van der Waals surface area (Å²) in [5.74, 6) is 0.668. The molecule has 0 N–H and O–H groups in total. The van der Waals surface area contributed by atoms with Crippen LogP contribution in [0, 0.1) is 10.1 Å². The molecule has 4 nitrogen and oxygen atoms in total. The van der Waals surface area contributed by atoms with Gasteiger partial charge in [-0.2, -0.15) is 0 Å². The number of hydrogen-bond acceptors (Lipinski definition) is 3. The molecule has 1 aliphatic rings. The van der Waals surface area contributed by atoms with E-state index >= 15 is 0 Å². The molecule has 2 aromatic rings. The molecule has 0 amide bonds. The van der Waals surface area contributed by atoms with Gasteiger partial charge in [0, 0.05) is 17.2 Å². The van der Waals surface area contributed by atoms with Gasteiger partial charge < -0.3 is 4.74 Å². The molecule has 0 unspecified atom stereocenters. The van der Waals surface area contributed by atoms with E-state index in [0.29, 0.717) is 5.75 Å². The van der Waals surface area contributed by atoms with Crippen molar-refractivity contribution in [1.29, 1.82) is 0 Å². The van der Waals surface area contributed by atoms with Crippen molar-refractivity contribution in [2.45, 2.75) is 6.10 Å². The summed E-state index contributed by atoms with van der Waals surface area (Å²) < 4.78 is 5.78. The molecule has 0 spiro atoms. The summed E-state index contributed by atoms with van der Waals surface area (Å²) in [5.41, 5.74) is 1.58. The van der Waals surface area contributed by atoms with Crippen LogP contribution in [0.4, 0.5) is 0 Å². The van der Waals surface area contributed by atoms with Gasteiger partial charge in [0.25, 0.3) is 5.70 Å². The molecule has 4 heteroatoms.